The first-order valence-corrected chi connectivity index (χ1v) is 5.69. The summed E-state index contributed by atoms with van der Waals surface area (Å²) < 4.78 is 0. The van der Waals surface area contributed by atoms with E-state index in [0.717, 1.165) is 5.56 Å². The van der Waals surface area contributed by atoms with Gasteiger partial charge >= 0.3 is 0 Å². The number of amides is 1. The molecule has 4 nitrogen and oxygen atoms in total. The van der Waals surface area contributed by atoms with Crippen LogP contribution in [0.15, 0.2) is 30.5 Å². The van der Waals surface area contributed by atoms with E-state index in [4.69, 9.17) is 11.6 Å². The molecule has 0 unspecified atom stereocenters. The number of aromatic amines is 1. The summed E-state index contributed by atoms with van der Waals surface area (Å²) in [6.45, 7) is 1.82. The molecule has 1 amide bonds. The molecule has 0 radical (unpaired) electrons. The van der Waals surface area contributed by atoms with Gasteiger partial charge in [-0.05, 0) is 30.7 Å². The zero-order valence-electron chi connectivity index (χ0n) is 9.66. The minimum atomic E-state index is -0.312. The Kier molecular flexibility index (Phi) is 3.48. The van der Waals surface area contributed by atoms with Crippen LogP contribution in [0.3, 0.4) is 0 Å². The van der Waals surface area contributed by atoms with Crippen molar-refractivity contribution in [2.24, 2.45) is 0 Å². The highest BCUT2D eigenvalue weighted by Crippen LogP contribution is 2.23. The monoisotopic (exact) mass is 262 g/mol. The molecule has 0 spiro atoms. The van der Waals surface area contributed by atoms with E-state index < -0.39 is 0 Å². The summed E-state index contributed by atoms with van der Waals surface area (Å²) in [5.41, 5.74) is 2.21. The highest BCUT2D eigenvalue weighted by molar-refractivity contribution is 6.31. The summed E-state index contributed by atoms with van der Waals surface area (Å²) in [6.07, 6.45) is 2.16. The van der Waals surface area contributed by atoms with Crippen molar-refractivity contribution in [1.82, 2.24) is 4.98 Å². The molecule has 5 heteroatoms. The summed E-state index contributed by atoms with van der Waals surface area (Å²) in [4.78, 5) is 25.2. The van der Waals surface area contributed by atoms with Crippen molar-refractivity contribution in [1.29, 1.82) is 0 Å². The zero-order valence-corrected chi connectivity index (χ0v) is 10.4. The van der Waals surface area contributed by atoms with Crippen LogP contribution in [0, 0.1) is 6.92 Å². The van der Waals surface area contributed by atoms with Gasteiger partial charge in [-0.15, -0.1) is 0 Å². The average Bonchev–Trinajstić information content (AvgIpc) is 2.83. The number of benzene rings is 1. The van der Waals surface area contributed by atoms with Gasteiger partial charge in [-0.25, -0.2) is 0 Å². The van der Waals surface area contributed by atoms with Gasteiger partial charge in [0.15, 0.2) is 6.29 Å². The van der Waals surface area contributed by atoms with Gasteiger partial charge in [0.25, 0.3) is 5.91 Å². The molecule has 0 fully saturated rings. The van der Waals surface area contributed by atoms with Gasteiger partial charge in [0.05, 0.1) is 0 Å². The third-order valence-electron chi connectivity index (χ3n) is 2.60. The molecular weight excluding hydrogens is 252 g/mol. The normalized spacial score (nSPS) is 10.1. The van der Waals surface area contributed by atoms with Crippen molar-refractivity contribution >= 4 is 29.5 Å². The van der Waals surface area contributed by atoms with Gasteiger partial charge in [0.2, 0.25) is 0 Å². The number of carbonyl (C=O) groups excluding carboxylic acids is 2. The van der Waals surface area contributed by atoms with E-state index in [2.05, 4.69) is 10.3 Å². The summed E-state index contributed by atoms with van der Waals surface area (Å²) in [5, 5.41) is 3.32. The van der Waals surface area contributed by atoms with Crippen molar-refractivity contribution < 1.29 is 9.59 Å². The Morgan fingerprint density at radius 1 is 1.44 bits per heavy atom. The molecule has 0 aliphatic heterocycles. The highest BCUT2D eigenvalue weighted by atomic mass is 35.5. The van der Waals surface area contributed by atoms with Crippen molar-refractivity contribution in [2.45, 2.75) is 6.92 Å². The van der Waals surface area contributed by atoms with Gasteiger partial charge in [-0.2, -0.15) is 0 Å². The summed E-state index contributed by atoms with van der Waals surface area (Å²) in [7, 11) is 0. The quantitative estimate of drug-likeness (QED) is 0.835. The topological polar surface area (TPSA) is 62.0 Å². The summed E-state index contributed by atoms with van der Waals surface area (Å²) >= 11 is 5.96. The van der Waals surface area contributed by atoms with Gasteiger partial charge in [-0.3, -0.25) is 9.59 Å². The number of aldehydes is 1. The van der Waals surface area contributed by atoms with E-state index in [-0.39, 0.29) is 5.91 Å². The van der Waals surface area contributed by atoms with Crippen LogP contribution in [0.2, 0.25) is 5.02 Å². The molecule has 0 atom stereocenters. The lowest BCUT2D eigenvalue weighted by Gasteiger charge is -2.08. The summed E-state index contributed by atoms with van der Waals surface area (Å²) in [5.74, 6) is -0.312. The van der Waals surface area contributed by atoms with Crippen LogP contribution in [-0.2, 0) is 0 Å². The molecule has 2 N–H and O–H groups in total. The minimum absolute atomic E-state index is 0.312. The number of aromatic nitrogens is 1. The smallest absolute Gasteiger partial charge is 0.272 e. The lowest BCUT2D eigenvalue weighted by molar-refractivity contribution is 0.102. The molecule has 0 aliphatic carbocycles. The van der Waals surface area contributed by atoms with E-state index in [1.54, 1.807) is 18.2 Å². The molecule has 92 valence electrons. The second-order valence-corrected chi connectivity index (χ2v) is 4.24. The van der Waals surface area contributed by atoms with Crippen LogP contribution in [0.25, 0.3) is 0 Å². The molecule has 1 aromatic carbocycles. The first kappa shape index (κ1) is 12.4. The zero-order chi connectivity index (χ0) is 13.1. The molecule has 0 aliphatic rings. The second kappa shape index (κ2) is 5.06. The molecule has 2 rings (SSSR count). The maximum Gasteiger partial charge on any atom is 0.272 e. The molecule has 1 heterocycles. The van der Waals surface area contributed by atoms with Crippen LogP contribution >= 0.6 is 11.6 Å². The first-order chi connectivity index (χ1) is 8.61. The summed E-state index contributed by atoms with van der Waals surface area (Å²) in [6, 6.07) is 6.77. The van der Waals surface area contributed by atoms with E-state index in [1.165, 1.54) is 12.3 Å². The predicted octanol–water partition coefficient (Wildman–Crippen LogP) is 3.04. The van der Waals surface area contributed by atoms with Crippen molar-refractivity contribution in [2.75, 3.05) is 5.32 Å². The molecule has 0 saturated heterocycles. The Morgan fingerprint density at radius 2 is 2.22 bits per heavy atom. The molecule has 1 aromatic heterocycles. The molecule has 2 aromatic rings. The minimum Gasteiger partial charge on any atom is -0.356 e. The lowest BCUT2D eigenvalue weighted by atomic mass is 10.2. The van der Waals surface area contributed by atoms with Crippen LogP contribution in [-0.4, -0.2) is 17.2 Å². The third kappa shape index (κ3) is 2.43. The Labute approximate surface area is 109 Å². The average molecular weight is 263 g/mol. The Morgan fingerprint density at radius 3 is 2.89 bits per heavy atom. The Hall–Kier alpha value is -2.07. The first-order valence-electron chi connectivity index (χ1n) is 5.32. The van der Waals surface area contributed by atoms with Gasteiger partial charge in [0, 0.05) is 22.5 Å². The Balaban J connectivity index is 2.21. The van der Waals surface area contributed by atoms with Crippen LogP contribution in [0.1, 0.15) is 26.4 Å². The molecular formula is C13H11ClN2O2. The van der Waals surface area contributed by atoms with E-state index in [1.807, 2.05) is 6.92 Å². The lowest BCUT2D eigenvalue weighted by Crippen LogP contribution is -2.13. The number of anilines is 1. The number of carbonyl (C=O) groups is 2. The number of hydrogen-bond acceptors (Lipinski definition) is 2. The van der Waals surface area contributed by atoms with Crippen molar-refractivity contribution in [3.63, 3.8) is 0 Å². The van der Waals surface area contributed by atoms with Gasteiger partial charge in [0.1, 0.15) is 5.69 Å². The maximum atomic E-state index is 11.9. The standard InChI is InChI=1S/C13H11ClN2O2/c1-8-10(14)3-2-4-11(8)16-13(18)12-5-9(7-17)6-15-12/h2-7,15H,1H3,(H,16,18). The number of nitrogens with one attached hydrogen (secondary N) is 2. The van der Waals surface area contributed by atoms with Crippen LogP contribution < -0.4 is 5.32 Å². The second-order valence-electron chi connectivity index (χ2n) is 3.83. The van der Waals surface area contributed by atoms with E-state index in [0.29, 0.717) is 28.3 Å². The van der Waals surface area contributed by atoms with Crippen LogP contribution in [0.4, 0.5) is 5.69 Å². The van der Waals surface area contributed by atoms with Crippen LogP contribution in [0.5, 0.6) is 0 Å². The highest BCUT2D eigenvalue weighted by Gasteiger charge is 2.10. The van der Waals surface area contributed by atoms with E-state index >= 15 is 0 Å². The SMILES string of the molecule is Cc1c(Cl)cccc1NC(=O)c1cc(C=O)c[nH]1. The number of halogens is 1. The molecule has 0 bridgehead atoms. The fourth-order valence-corrected chi connectivity index (χ4v) is 1.72. The maximum absolute atomic E-state index is 11.9. The number of rotatable bonds is 3. The van der Waals surface area contributed by atoms with E-state index in [9.17, 15) is 9.59 Å². The predicted molar refractivity (Wildman–Crippen MR) is 70.3 cm³/mol. The van der Waals surface area contributed by atoms with Crippen molar-refractivity contribution in [3.8, 4) is 0 Å². The number of hydrogen-bond donors (Lipinski definition) is 2. The fraction of sp³-hybridized carbons (Fsp3) is 0.0769. The third-order valence-corrected chi connectivity index (χ3v) is 3.01. The largest absolute Gasteiger partial charge is 0.356 e. The van der Waals surface area contributed by atoms with Crippen molar-refractivity contribution in [3.05, 3.63) is 52.3 Å². The molecule has 18 heavy (non-hydrogen) atoms. The Bertz CT molecular complexity index is 605. The van der Waals surface area contributed by atoms with Gasteiger partial charge < -0.3 is 10.3 Å². The fourth-order valence-electron chi connectivity index (χ4n) is 1.54. The van der Waals surface area contributed by atoms with Gasteiger partial charge in [-0.1, -0.05) is 17.7 Å². The molecule has 0 saturated carbocycles. The number of H-pyrrole nitrogens is 1.